The van der Waals surface area contributed by atoms with Gasteiger partial charge in [-0.1, -0.05) is 59.6 Å². The molecule has 4 nitrogen and oxygen atoms in total. The number of rotatable bonds is 10. The highest BCUT2D eigenvalue weighted by molar-refractivity contribution is 9.10. The number of anilines is 1. The topological polar surface area (TPSA) is 41.0 Å². The van der Waals surface area contributed by atoms with Crippen LogP contribution in [-0.2, 0) is 0 Å². The minimum Gasteiger partial charge on any atom is -0.367 e. The van der Waals surface area contributed by atoms with E-state index in [0.717, 1.165) is 59.2 Å². The second kappa shape index (κ2) is 13.1. The molecule has 3 rings (SSSR count). The first-order valence-corrected chi connectivity index (χ1v) is 12.1. The molecular formula is C25H31BrCl2N4. The molecule has 0 aliphatic rings. The Balaban J connectivity index is 0.00000363. The van der Waals surface area contributed by atoms with E-state index in [1.165, 1.54) is 0 Å². The van der Waals surface area contributed by atoms with Gasteiger partial charge < -0.3 is 10.2 Å². The second-order valence-electron chi connectivity index (χ2n) is 7.69. The maximum Gasteiger partial charge on any atom is 0.154 e. The maximum absolute atomic E-state index is 6.23. The molecule has 0 fully saturated rings. The summed E-state index contributed by atoms with van der Waals surface area (Å²) < 4.78 is 1.06. The highest BCUT2D eigenvalue weighted by Crippen LogP contribution is 2.25. The summed E-state index contributed by atoms with van der Waals surface area (Å²) >= 11 is 9.70. The lowest BCUT2D eigenvalue weighted by Gasteiger charge is -2.20. The Bertz CT molecular complexity index is 1020. The molecule has 1 N–H and O–H groups in total. The van der Waals surface area contributed by atoms with Crippen molar-refractivity contribution in [2.24, 2.45) is 0 Å². The van der Waals surface area contributed by atoms with Gasteiger partial charge in [-0.25, -0.2) is 9.97 Å². The number of hydrogen-bond donors (Lipinski definition) is 1. The van der Waals surface area contributed by atoms with Crippen LogP contribution in [0.25, 0.3) is 23.1 Å². The third-order valence-electron chi connectivity index (χ3n) is 5.36. The Hall–Kier alpha value is -1.66. The van der Waals surface area contributed by atoms with Crippen LogP contribution in [-0.4, -0.2) is 40.5 Å². The fourth-order valence-corrected chi connectivity index (χ4v) is 3.95. The van der Waals surface area contributed by atoms with E-state index in [1.54, 1.807) is 0 Å². The Morgan fingerprint density at radius 2 is 1.78 bits per heavy atom. The van der Waals surface area contributed by atoms with Crippen molar-refractivity contribution < 1.29 is 0 Å². The van der Waals surface area contributed by atoms with Gasteiger partial charge in [-0.3, -0.25) is 0 Å². The molecule has 7 heteroatoms. The SMILES string of the molecule is CCN(CC)CCCC(C)Nc1nc(C=Cc2ccc(Br)cc2)nc2cc(Cl)ccc12.Cl. The van der Waals surface area contributed by atoms with Crippen molar-refractivity contribution in [3.63, 3.8) is 0 Å². The van der Waals surface area contributed by atoms with Gasteiger partial charge in [0.05, 0.1) is 5.52 Å². The van der Waals surface area contributed by atoms with Gasteiger partial charge in [0.15, 0.2) is 5.82 Å². The Morgan fingerprint density at radius 1 is 1.06 bits per heavy atom. The van der Waals surface area contributed by atoms with Crippen LogP contribution in [0.5, 0.6) is 0 Å². The van der Waals surface area contributed by atoms with E-state index in [2.05, 4.69) is 59.1 Å². The zero-order chi connectivity index (χ0) is 22.2. The molecule has 0 bridgehead atoms. The summed E-state index contributed by atoms with van der Waals surface area (Å²) in [5.74, 6) is 1.52. The van der Waals surface area contributed by atoms with Crippen LogP contribution in [0.3, 0.4) is 0 Å². The van der Waals surface area contributed by atoms with Gasteiger partial charge in [0.25, 0.3) is 0 Å². The molecule has 2 aromatic carbocycles. The zero-order valence-corrected chi connectivity index (χ0v) is 22.0. The normalized spacial score (nSPS) is 12.3. The summed E-state index contributed by atoms with van der Waals surface area (Å²) in [6.07, 6.45) is 6.20. The monoisotopic (exact) mass is 536 g/mol. The second-order valence-corrected chi connectivity index (χ2v) is 9.04. The smallest absolute Gasteiger partial charge is 0.154 e. The number of nitrogens with one attached hydrogen (secondary N) is 1. The molecule has 1 atom stereocenters. The first kappa shape index (κ1) is 26.6. The molecule has 1 heterocycles. The molecule has 172 valence electrons. The molecule has 1 unspecified atom stereocenters. The predicted octanol–water partition coefficient (Wildman–Crippen LogP) is 7.56. The largest absolute Gasteiger partial charge is 0.367 e. The Kier molecular flexibility index (Phi) is 10.9. The lowest BCUT2D eigenvalue weighted by molar-refractivity contribution is 0.295. The summed E-state index contributed by atoms with van der Waals surface area (Å²) in [6.45, 7) is 9.97. The van der Waals surface area contributed by atoms with Crippen molar-refractivity contribution in [1.82, 2.24) is 14.9 Å². The summed E-state index contributed by atoms with van der Waals surface area (Å²) in [6, 6.07) is 14.2. The van der Waals surface area contributed by atoms with Crippen molar-refractivity contribution in [2.75, 3.05) is 25.0 Å². The Morgan fingerprint density at radius 3 is 2.47 bits per heavy atom. The van der Waals surface area contributed by atoms with Crippen molar-refractivity contribution in [2.45, 2.75) is 39.7 Å². The van der Waals surface area contributed by atoms with E-state index in [1.807, 2.05) is 42.5 Å². The highest BCUT2D eigenvalue weighted by atomic mass is 79.9. The number of fused-ring (bicyclic) bond motifs is 1. The molecule has 3 aromatic rings. The quantitative estimate of drug-likeness (QED) is 0.289. The van der Waals surface area contributed by atoms with Crippen LogP contribution in [0.1, 0.15) is 45.0 Å². The molecule has 0 amide bonds. The minimum atomic E-state index is 0. The summed E-state index contributed by atoms with van der Waals surface area (Å²) in [5, 5.41) is 5.27. The van der Waals surface area contributed by atoms with Gasteiger partial charge >= 0.3 is 0 Å². The molecule has 0 radical (unpaired) electrons. The number of aromatic nitrogens is 2. The summed E-state index contributed by atoms with van der Waals surface area (Å²) in [4.78, 5) is 12.0. The van der Waals surface area contributed by atoms with Gasteiger partial charge in [0, 0.05) is 20.9 Å². The van der Waals surface area contributed by atoms with Gasteiger partial charge in [-0.15, -0.1) is 12.4 Å². The van der Waals surface area contributed by atoms with Crippen LogP contribution in [0.4, 0.5) is 5.82 Å². The van der Waals surface area contributed by atoms with Crippen molar-refractivity contribution in [1.29, 1.82) is 0 Å². The molecule has 0 aliphatic heterocycles. The van der Waals surface area contributed by atoms with Crippen LogP contribution < -0.4 is 5.32 Å². The average Bonchev–Trinajstić information content (AvgIpc) is 2.76. The molecule has 0 aliphatic carbocycles. The Labute approximate surface area is 211 Å². The van der Waals surface area contributed by atoms with E-state index in [4.69, 9.17) is 21.6 Å². The molecular weight excluding hydrogens is 507 g/mol. The average molecular weight is 538 g/mol. The van der Waals surface area contributed by atoms with Crippen molar-refractivity contribution in [3.05, 3.63) is 63.3 Å². The van der Waals surface area contributed by atoms with Crippen molar-refractivity contribution >= 4 is 68.8 Å². The van der Waals surface area contributed by atoms with Gasteiger partial charge in [-0.05, 0) is 81.4 Å². The summed E-state index contributed by atoms with van der Waals surface area (Å²) in [5.41, 5.74) is 1.94. The van der Waals surface area contributed by atoms with Crippen molar-refractivity contribution in [3.8, 4) is 0 Å². The van der Waals surface area contributed by atoms with Crippen LogP contribution in [0.2, 0.25) is 5.02 Å². The predicted molar refractivity (Wildman–Crippen MR) is 145 cm³/mol. The first-order chi connectivity index (χ1) is 15.0. The molecule has 32 heavy (non-hydrogen) atoms. The fourth-order valence-electron chi connectivity index (χ4n) is 3.52. The fraction of sp³-hybridized carbons (Fsp3) is 0.360. The van der Waals surface area contributed by atoms with Crippen LogP contribution in [0, 0.1) is 0 Å². The third-order valence-corrected chi connectivity index (χ3v) is 6.12. The molecule has 1 aromatic heterocycles. The van der Waals surface area contributed by atoms with E-state index in [0.29, 0.717) is 16.9 Å². The highest BCUT2D eigenvalue weighted by Gasteiger charge is 2.11. The first-order valence-electron chi connectivity index (χ1n) is 10.9. The zero-order valence-electron chi connectivity index (χ0n) is 18.8. The number of hydrogen-bond acceptors (Lipinski definition) is 4. The van der Waals surface area contributed by atoms with Gasteiger partial charge in [0.2, 0.25) is 0 Å². The summed E-state index contributed by atoms with van der Waals surface area (Å²) in [7, 11) is 0. The van der Waals surface area contributed by atoms with E-state index >= 15 is 0 Å². The lowest BCUT2D eigenvalue weighted by Crippen LogP contribution is -2.25. The number of nitrogens with zero attached hydrogens (tertiary/aromatic N) is 3. The standard InChI is InChI=1S/C25H30BrClN4.ClH/c1-4-31(5-2)16-6-7-18(3)28-25-22-14-13-21(27)17-23(22)29-24(30-25)15-10-19-8-11-20(26)12-9-19;/h8-15,17-18H,4-7,16H2,1-3H3,(H,28,29,30);1H. The molecule has 0 saturated heterocycles. The lowest BCUT2D eigenvalue weighted by atomic mass is 10.1. The molecule has 0 spiro atoms. The van der Waals surface area contributed by atoms with Gasteiger partial charge in [0.1, 0.15) is 5.82 Å². The molecule has 0 saturated carbocycles. The van der Waals surface area contributed by atoms with Gasteiger partial charge in [-0.2, -0.15) is 0 Å². The third kappa shape index (κ3) is 7.73. The van der Waals surface area contributed by atoms with E-state index in [-0.39, 0.29) is 12.4 Å². The van der Waals surface area contributed by atoms with E-state index < -0.39 is 0 Å². The van der Waals surface area contributed by atoms with Crippen LogP contribution >= 0.6 is 39.9 Å². The number of benzene rings is 2. The van der Waals surface area contributed by atoms with Crippen LogP contribution in [0.15, 0.2) is 46.9 Å². The van der Waals surface area contributed by atoms with E-state index in [9.17, 15) is 0 Å². The minimum absolute atomic E-state index is 0. The number of halogens is 3. The maximum atomic E-state index is 6.23.